The molecule has 23 heavy (non-hydrogen) atoms. The van der Waals surface area contributed by atoms with Gasteiger partial charge >= 0.3 is 0 Å². The second-order valence-electron chi connectivity index (χ2n) is 5.34. The molecular weight excluding hydrogens is 315 g/mol. The summed E-state index contributed by atoms with van der Waals surface area (Å²) in [6.07, 6.45) is 0. The van der Waals surface area contributed by atoms with E-state index in [0.29, 0.717) is 0 Å². The maximum absolute atomic E-state index is 2.33. The molecule has 0 aliphatic rings. The first-order valence-corrected chi connectivity index (χ1v) is 9.34. The van der Waals surface area contributed by atoms with Crippen molar-refractivity contribution >= 4 is 19.5 Å². The minimum atomic E-state index is 1.27. The van der Waals surface area contributed by atoms with Gasteiger partial charge in [-0.05, 0) is 40.3 Å². The maximum atomic E-state index is 2.33. The van der Waals surface area contributed by atoms with Crippen LogP contribution in [-0.2, 0) is 0 Å². The lowest BCUT2D eigenvalue weighted by Crippen LogP contribution is -1.80. The van der Waals surface area contributed by atoms with Gasteiger partial charge < -0.3 is 0 Å². The number of hydrogen-bond acceptors (Lipinski definition) is 1. The Morgan fingerprint density at radius 2 is 1.22 bits per heavy atom. The van der Waals surface area contributed by atoms with Crippen LogP contribution < -0.4 is 0 Å². The first kappa shape index (κ1) is 14.4. The summed E-state index contributed by atoms with van der Waals surface area (Å²) in [4.78, 5) is 1.35. The van der Waals surface area contributed by atoms with Gasteiger partial charge in [0.05, 0.1) is 0 Å². The maximum Gasteiger partial charge on any atom is 0.0389 e. The predicted molar refractivity (Wildman–Crippen MR) is 103 cm³/mol. The van der Waals surface area contributed by atoms with Gasteiger partial charge in [0.2, 0.25) is 0 Å². The van der Waals surface area contributed by atoms with Crippen LogP contribution in [0.3, 0.4) is 0 Å². The third-order valence-electron chi connectivity index (χ3n) is 3.78. The molecule has 0 nitrogen and oxygen atoms in total. The van der Waals surface area contributed by atoms with Crippen LogP contribution in [0.25, 0.3) is 32.2 Å². The van der Waals surface area contributed by atoms with Gasteiger partial charge in [0.15, 0.2) is 0 Å². The highest BCUT2D eigenvalue weighted by atomic mass is 32.1. The molecule has 0 N–H and O–H groups in total. The van der Waals surface area contributed by atoms with Crippen LogP contribution in [0.4, 0.5) is 0 Å². The molecule has 2 aromatic carbocycles. The van der Waals surface area contributed by atoms with E-state index in [-0.39, 0.29) is 0 Å². The van der Waals surface area contributed by atoms with Crippen molar-refractivity contribution in [3.63, 3.8) is 0 Å². The van der Waals surface area contributed by atoms with E-state index in [2.05, 4.69) is 90.3 Å². The van der Waals surface area contributed by atoms with Crippen LogP contribution in [0.15, 0.2) is 90.3 Å². The first-order valence-electron chi connectivity index (χ1n) is 7.57. The summed E-state index contributed by atoms with van der Waals surface area (Å²) in [5.74, 6) is 0. The van der Waals surface area contributed by atoms with Crippen LogP contribution in [0.5, 0.6) is 0 Å². The number of thiophene rings is 1. The highest BCUT2D eigenvalue weighted by molar-refractivity contribution is 7.39. The topological polar surface area (TPSA) is 0 Å². The lowest BCUT2D eigenvalue weighted by Gasteiger charge is -2.09. The third kappa shape index (κ3) is 3.12. The Kier molecular flexibility index (Phi) is 4.06. The van der Waals surface area contributed by atoms with E-state index in [1.54, 1.807) is 0 Å². The smallest absolute Gasteiger partial charge is 0.0389 e. The monoisotopic (exact) mass is 330 g/mol. The summed E-state index contributed by atoms with van der Waals surface area (Å²) in [7, 11) is 1.28. The average Bonchev–Trinajstić information content (AvgIpc) is 3.18. The number of hydrogen-bond donors (Lipinski definition) is 0. The first-order chi connectivity index (χ1) is 11.4. The second kappa shape index (κ2) is 6.50. The van der Waals surface area contributed by atoms with E-state index >= 15 is 0 Å². The van der Waals surface area contributed by atoms with Crippen LogP contribution in [0.1, 0.15) is 0 Å². The highest BCUT2D eigenvalue weighted by Gasteiger charge is 2.08. The molecule has 2 heteroatoms. The average molecular weight is 330 g/mol. The van der Waals surface area contributed by atoms with Gasteiger partial charge in [0.25, 0.3) is 0 Å². The second-order valence-corrected chi connectivity index (χ2v) is 7.47. The predicted octanol–water partition coefficient (Wildman–Crippen LogP) is 7.33. The van der Waals surface area contributed by atoms with E-state index in [9.17, 15) is 0 Å². The van der Waals surface area contributed by atoms with Gasteiger partial charge in [-0.3, -0.25) is 0 Å². The van der Waals surface area contributed by atoms with Gasteiger partial charge in [0, 0.05) is 15.5 Å². The molecule has 0 saturated heterocycles. The Labute approximate surface area is 142 Å². The fraction of sp³-hybridized carbons (Fsp3) is 0. The van der Waals surface area contributed by atoms with Crippen molar-refractivity contribution in [2.75, 3.05) is 0 Å². The summed E-state index contributed by atoms with van der Waals surface area (Å²) < 4.78 is 0. The van der Waals surface area contributed by atoms with Crippen molar-refractivity contribution in [2.24, 2.45) is 0 Å². The fourth-order valence-corrected chi connectivity index (χ4v) is 4.70. The molecule has 0 aliphatic carbocycles. The van der Waals surface area contributed by atoms with E-state index in [0.717, 1.165) is 0 Å². The molecule has 0 aliphatic heterocycles. The summed E-state index contributed by atoms with van der Waals surface area (Å²) in [5, 5.41) is 4.88. The van der Waals surface area contributed by atoms with Crippen molar-refractivity contribution in [1.82, 2.24) is 0 Å². The molecule has 2 aromatic heterocycles. The van der Waals surface area contributed by atoms with E-state index < -0.39 is 0 Å². The molecule has 0 unspecified atom stereocenters. The van der Waals surface area contributed by atoms with Crippen molar-refractivity contribution < 1.29 is 0 Å². The molecule has 2 heterocycles. The van der Waals surface area contributed by atoms with Gasteiger partial charge in [0.1, 0.15) is 0 Å². The summed E-state index contributed by atoms with van der Waals surface area (Å²) in [5.41, 5.74) is 3.85. The fourth-order valence-electron chi connectivity index (χ4n) is 2.64. The standard InChI is InChI=1S/C21H15PS/c1-3-8-16(9-4-1)18-14-19(17-10-5-2-6-11-17)22-20(15-18)21-12-7-13-23-21/h1-15H. The summed E-state index contributed by atoms with van der Waals surface area (Å²) in [6, 6.07) is 30.3. The molecule has 0 saturated carbocycles. The number of rotatable bonds is 3. The summed E-state index contributed by atoms with van der Waals surface area (Å²) in [6.45, 7) is 0. The number of benzene rings is 2. The van der Waals surface area contributed by atoms with Crippen LogP contribution >= 0.6 is 19.5 Å². The Morgan fingerprint density at radius 3 is 1.87 bits per heavy atom. The highest BCUT2D eigenvalue weighted by Crippen LogP contribution is 2.42. The molecule has 0 bridgehead atoms. The molecular formula is C21H15PS. The van der Waals surface area contributed by atoms with Gasteiger partial charge in [-0.25, -0.2) is 0 Å². The molecule has 0 amide bonds. The van der Waals surface area contributed by atoms with Crippen LogP contribution in [-0.4, -0.2) is 0 Å². The van der Waals surface area contributed by atoms with Gasteiger partial charge in [-0.15, -0.1) is 11.3 Å². The molecule has 110 valence electrons. The Balaban J connectivity index is 1.91. The largest absolute Gasteiger partial charge is 0.143 e. The quantitative estimate of drug-likeness (QED) is 0.369. The molecule has 0 fully saturated rings. The zero-order valence-electron chi connectivity index (χ0n) is 12.5. The molecule has 0 radical (unpaired) electrons. The van der Waals surface area contributed by atoms with E-state index in [1.807, 2.05) is 11.3 Å². The van der Waals surface area contributed by atoms with Gasteiger partial charge in [-0.1, -0.05) is 74.9 Å². The normalized spacial score (nSPS) is 11.0. The van der Waals surface area contributed by atoms with Crippen molar-refractivity contribution in [2.45, 2.75) is 0 Å². The van der Waals surface area contributed by atoms with Crippen molar-refractivity contribution in [1.29, 1.82) is 0 Å². The van der Waals surface area contributed by atoms with E-state index in [4.69, 9.17) is 0 Å². The Bertz CT molecular complexity index is 840. The Morgan fingerprint density at radius 1 is 0.565 bits per heavy atom. The van der Waals surface area contributed by atoms with Gasteiger partial charge in [-0.2, -0.15) is 0 Å². The third-order valence-corrected chi connectivity index (χ3v) is 6.07. The summed E-state index contributed by atoms with van der Waals surface area (Å²) >= 11 is 1.81. The van der Waals surface area contributed by atoms with Crippen LogP contribution in [0.2, 0.25) is 0 Å². The lowest BCUT2D eigenvalue weighted by atomic mass is 10.0. The van der Waals surface area contributed by atoms with E-state index in [1.165, 1.54) is 40.4 Å². The molecule has 4 aromatic rings. The van der Waals surface area contributed by atoms with Crippen LogP contribution in [0, 0.1) is 0 Å². The minimum absolute atomic E-state index is 1.27. The molecule has 0 atom stereocenters. The molecule has 0 spiro atoms. The SMILES string of the molecule is c1ccc(-c2cc(-c3ccccc3)pc(-c3cccs3)c2)cc1. The zero-order chi connectivity index (χ0) is 15.5. The molecule has 4 rings (SSSR count). The lowest BCUT2D eigenvalue weighted by molar-refractivity contribution is 1.64. The van der Waals surface area contributed by atoms with Crippen molar-refractivity contribution in [3.05, 3.63) is 90.3 Å². The van der Waals surface area contributed by atoms with Crippen molar-refractivity contribution in [3.8, 4) is 32.2 Å². The zero-order valence-corrected chi connectivity index (χ0v) is 14.2. The Hall–Kier alpha value is -2.21. The minimum Gasteiger partial charge on any atom is -0.143 e.